The van der Waals surface area contributed by atoms with E-state index < -0.39 is 0 Å². The molecule has 16 aromatic heterocycles. The third-order valence-electron chi connectivity index (χ3n) is 19.2. The number of rotatable bonds is 21. The van der Waals surface area contributed by atoms with Crippen LogP contribution >= 0.6 is 11.6 Å². The van der Waals surface area contributed by atoms with Crippen molar-refractivity contribution in [1.29, 1.82) is 0 Å². The summed E-state index contributed by atoms with van der Waals surface area (Å²) in [5.41, 5.74) is 22.9. The smallest absolute Gasteiger partial charge is 0.451 e. The van der Waals surface area contributed by atoms with Gasteiger partial charge in [0, 0.05) is 148 Å². The van der Waals surface area contributed by atoms with E-state index in [1.165, 1.54) is 87.4 Å². The molecule has 0 aliphatic rings. The van der Waals surface area contributed by atoms with Crippen LogP contribution in [0.15, 0.2) is 235 Å². The molecule has 0 N–H and O–H groups in total. The maximum absolute atomic E-state index is 6.76. The minimum atomic E-state index is -0.0887. The number of benzene rings is 5. The predicted octanol–water partition coefficient (Wildman–Crippen LogP) is 19.2. The highest BCUT2D eigenvalue weighted by atomic mass is 35.5. The molecule has 16 heterocycles. The number of hydrogen-bond acceptors (Lipinski definition) is 35. The molecule has 21 aromatic rings. The first-order valence-electron chi connectivity index (χ1n) is 43.5. The van der Waals surface area contributed by atoms with Gasteiger partial charge in [-0.3, -0.25) is 4.98 Å². The molecule has 0 saturated carbocycles. The molecule has 0 radical (unpaired) electrons. The van der Waals surface area contributed by atoms with Gasteiger partial charge in [-0.2, -0.15) is 4.98 Å². The van der Waals surface area contributed by atoms with E-state index in [0.717, 1.165) is 67.4 Å². The van der Waals surface area contributed by atoms with E-state index >= 15 is 0 Å². The molecule has 43 nitrogen and oxygen atoms in total. The lowest BCUT2D eigenvalue weighted by Crippen LogP contribution is -1.91. The zero-order valence-electron chi connectivity index (χ0n) is 79.5. The summed E-state index contributed by atoms with van der Waals surface area (Å²) in [7, 11) is 0. The minimum absolute atomic E-state index is 0.0887. The summed E-state index contributed by atoms with van der Waals surface area (Å²) in [6.45, 7) is 34.9. The van der Waals surface area contributed by atoms with Crippen molar-refractivity contribution < 1.29 is 31.1 Å². The lowest BCUT2D eigenvalue weighted by molar-refractivity contribution is 0.409. The van der Waals surface area contributed by atoms with Crippen LogP contribution in [-0.4, -0.2) is 174 Å². The fraction of sp³-hybridized carbons (Fsp3) is 0.141. The number of hydrogen-bond donors (Lipinski definition) is 0. The van der Waals surface area contributed by atoms with Crippen molar-refractivity contribution in [3.05, 3.63) is 340 Å². The minimum Gasteiger partial charge on any atom is -0.451 e. The summed E-state index contributed by atoms with van der Waals surface area (Å²) in [6, 6.07) is 40.4. The van der Waals surface area contributed by atoms with E-state index in [4.69, 9.17) is 49.3 Å². The van der Waals surface area contributed by atoms with E-state index in [2.05, 4.69) is 281 Å². The maximum atomic E-state index is 6.76. The Kier molecular flexibility index (Phi) is 32.4. The normalized spacial score (nSPS) is 11.3. The Morgan fingerprint density at radius 1 is 0.315 bits per heavy atom. The Bertz CT molecular complexity index is 7130. The van der Waals surface area contributed by atoms with Gasteiger partial charge >= 0.3 is 6.01 Å². The summed E-state index contributed by atoms with van der Waals surface area (Å²) in [5, 5.41) is 68.0. The maximum Gasteiger partial charge on any atom is 0.475 e. The number of halogens is 1. The lowest BCUT2D eigenvalue weighted by Gasteiger charge is -2.00. The summed E-state index contributed by atoms with van der Waals surface area (Å²) in [6.07, 6.45) is 43.7. The first-order valence-corrected chi connectivity index (χ1v) is 43.9. The largest absolute Gasteiger partial charge is 0.475 e. The van der Waals surface area contributed by atoms with Crippen LogP contribution < -0.4 is 0 Å². The van der Waals surface area contributed by atoms with E-state index in [-0.39, 0.29) is 11.9 Å². The molecule has 143 heavy (non-hydrogen) atoms. The van der Waals surface area contributed by atoms with Crippen LogP contribution in [0.25, 0.3) is 170 Å². The van der Waals surface area contributed by atoms with Crippen molar-refractivity contribution in [2.24, 2.45) is 0 Å². The standard InChI is InChI=1S/C15H12N6O.C15H15N5O.2C15H14N4O.C14H13N5O.C13H12N6O.C12H9ClN6O/c1-10-6-11(2)8-12(7-10)14-17-9-21(20-14)5-4-13-18-19-15(16-3)22-13;1-10-6-11(2)8-13(7-10)15-16-9-20(19-15)5-4-14-18-17-12(3)21-14;1-11-7-12(2)9-13(8-11)15-16-10-19(17-15)5-3-14-4-6-20-18-14;1-11-5-12(2)7-13(6-11)15-16-9-19(18-15)4-3-14-8-20-10-17-14;1-10-5-11(2)7-12(6-10)14-16-9-19(18-14)4-3-13-15-8-17-20-13;1-9-5-11(6-10(2)16-9)13-14-7-19(18-13)4-3-12-17-15-8-20-12;1-8-4-9(5-10(13)16-8)12-14-6-19(18-12)3-2-11-17-15-7-20-11/h4-9H,1-2H3;4-9H,1-3H3;2*3-10H,1-2H3;3-9H,1-2H3;3-8H,1-2H3;2-7H,1H3/b2*5-4-;5-3-;3*4-3-;3-2-. The van der Waals surface area contributed by atoms with Crippen molar-refractivity contribution in [2.45, 2.75) is 96.9 Å². The van der Waals surface area contributed by atoms with E-state index in [1.807, 2.05) is 77.1 Å². The van der Waals surface area contributed by atoms with Crippen molar-refractivity contribution in [3.63, 3.8) is 0 Å². The summed E-state index contributed by atoms with van der Waals surface area (Å²) < 4.78 is 46.0. The molecule has 0 bridgehead atoms. The van der Waals surface area contributed by atoms with Crippen molar-refractivity contribution in [2.75, 3.05) is 0 Å². The second kappa shape index (κ2) is 47.3. The topological polar surface area (TPSA) is 492 Å². The van der Waals surface area contributed by atoms with Gasteiger partial charge in [0.05, 0.1) is 0 Å². The third-order valence-corrected chi connectivity index (χ3v) is 19.4. The van der Waals surface area contributed by atoms with Crippen molar-refractivity contribution >= 4 is 104 Å². The first-order chi connectivity index (χ1) is 69.3. The Morgan fingerprint density at radius 2 is 0.643 bits per heavy atom. The van der Waals surface area contributed by atoms with Crippen LogP contribution in [0.1, 0.15) is 119 Å². The Balaban J connectivity index is 0.000000126. The number of pyridine rings is 2. The zero-order chi connectivity index (χ0) is 100. The van der Waals surface area contributed by atoms with E-state index in [1.54, 1.807) is 176 Å². The van der Waals surface area contributed by atoms with Gasteiger partial charge < -0.3 is 36.0 Å². The van der Waals surface area contributed by atoms with E-state index in [9.17, 15) is 0 Å². The van der Waals surface area contributed by atoms with Crippen molar-refractivity contribution in [1.82, 2.24) is 174 Å². The molecular formula is C99H89ClN36O7. The average Bonchev–Trinajstić information content (AvgIpc) is 1.66. The summed E-state index contributed by atoms with van der Waals surface area (Å²) in [5.74, 6) is 7.10. The molecule has 44 heteroatoms. The van der Waals surface area contributed by atoms with E-state index in [0.29, 0.717) is 75.4 Å². The Labute approximate surface area is 820 Å². The second-order valence-corrected chi connectivity index (χ2v) is 32.1. The van der Waals surface area contributed by atoms with Crippen LogP contribution in [-0.2, 0) is 0 Å². The lowest BCUT2D eigenvalue weighted by atomic mass is 10.1. The van der Waals surface area contributed by atoms with Gasteiger partial charge in [0.15, 0.2) is 53.5 Å². The van der Waals surface area contributed by atoms with Gasteiger partial charge in [0.2, 0.25) is 36.4 Å². The number of aromatic nitrogens is 35. The van der Waals surface area contributed by atoms with Crippen LogP contribution in [0.5, 0.6) is 0 Å². The molecule has 0 spiro atoms. The quantitative estimate of drug-likeness (QED) is 0.0476. The average molecular weight is 1930 g/mol. The number of nitrogens with zero attached hydrogens (tertiary/aromatic N) is 36. The Morgan fingerprint density at radius 3 is 0.944 bits per heavy atom. The molecule has 0 aliphatic carbocycles. The molecule has 0 atom stereocenters. The van der Waals surface area contributed by atoms with Gasteiger partial charge in [-0.05, 0) is 192 Å². The van der Waals surface area contributed by atoms with Crippen LogP contribution in [0.2, 0.25) is 5.15 Å². The third kappa shape index (κ3) is 29.5. The van der Waals surface area contributed by atoms with Gasteiger partial charge in [-0.25, -0.2) is 77.6 Å². The van der Waals surface area contributed by atoms with Crippen LogP contribution in [0.4, 0.5) is 6.01 Å². The Hall–Kier alpha value is -19.5. The van der Waals surface area contributed by atoms with Gasteiger partial charge in [-0.15, -0.1) is 66.3 Å². The summed E-state index contributed by atoms with van der Waals surface area (Å²) in [4.78, 5) is 49.4. The highest BCUT2D eigenvalue weighted by Gasteiger charge is 2.15. The molecule has 0 amide bonds. The SMILES string of the molecule is Cc1cc(-c2ncn(/C=C\c3nnco3)n2)cc(C)n1.Cc1cc(-c2ncn(/C=C\c3nnco3)n2)cc(Cl)n1.Cc1cc(C)cc(-c2ncn(/C=C\c3ccon3)n2)c1.Cc1cc(C)cc(-c2ncn(/C=C\c3cocn3)n2)c1.Cc1cc(C)cc(-c2ncn(/C=C\c3ncno3)n2)c1.Cc1cc(C)cc(-c2ncn(/C=C\c3nnc(C)o3)n2)c1.[C-]#[N+]c1nnc(/C=C\n2cnc(-c3cc(C)cc(C)c3)n2)o1. The molecule has 21 rings (SSSR count). The van der Waals surface area contributed by atoms with Gasteiger partial charge in [0.25, 0.3) is 11.8 Å². The number of aryl methyl sites for hydroxylation is 14. The molecule has 714 valence electrons. The molecule has 0 aliphatic heterocycles. The molecule has 0 unspecified atom stereocenters. The van der Waals surface area contributed by atoms with Crippen molar-refractivity contribution in [3.8, 4) is 79.7 Å². The molecular weight excluding hydrogens is 1840 g/mol. The van der Waals surface area contributed by atoms with Crippen LogP contribution in [0, 0.1) is 104 Å². The highest BCUT2D eigenvalue weighted by molar-refractivity contribution is 6.29. The number of oxazole rings is 1. The molecule has 0 fully saturated rings. The zero-order valence-corrected chi connectivity index (χ0v) is 80.2. The summed E-state index contributed by atoms with van der Waals surface area (Å²) >= 11 is 5.92. The highest BCUT2D eigenvalue weighted by Crippen LogP contribution is 2.27. The monoisotopic (exact) mass is 1930 g/mol. The van der Waals surface area contributed by atoms with Crippen LogP contribution in [0.3, 0.4) is 0 Å². The molecule has 5 aromatic carbocycles. The predicted molar refractivity (Wildman–Crippen MR) is 532 cm³/mol. The first kappa shape index (κ1) is 98.0. The second-order valence-electron chi connectivity index (χ2n) is 31.8. The van der Waals surface area contributed by atoms with Gasteiger partial charge in [0.1, 0.15) is 73.4 Å². The fourth-order valence-electron chi connectivity index (χ4n) is 13.7. The molecule has 0 saturated heterocycles. The van der Waals surface area contributed by atoms with Gasteiger partial charge in [-0.1, -0.05) is 114 Å². The fourth-order valence-corrected chi connectivity index (χ4v) is 13.9.